The van der Waals surface area contributed by atoms with E-state index in [0.717, 1.165) is 30.9 Å². The highest BCUT2D eigenvalue weighted by Crippen LogP contribution is 2.47. The Morgan fingerprint density at radius 2 is 2.21 bits per heavy atom. The van der Waals surface area contributed by atoms with Gasteiger partial charge in [0.2, 0.25) is 0 Å². The van der Waals surface area contributed by atoms with E-state index >= 15 is 0 Å². The number of nitrogens with one attached hydrogen (secondary N) is 1. The number of pyridine rings is 1. The van der Waals surface area contributed by atoms with Crippen LogP contribution in [0, 0.1) is 5.41 Å². The van der Waals surface area contributed by atoms with E-state index in [9.17, 15) is 0 Å². The van der Waals surface area contributed by atoms with Crippen molar-refractivity contribution in [2.75, 3.05) is 13.2 Å². The normalized spacial score (nSPS) is 16.9. The molecule has 0 spiro atoms. The maximum Gasteiger partial charge on any atom is 0.137 e. The third-order valence-electron chi connectivity index (χ3n) is 3.87. The van der Waals surface area contributed by atoms with Crippen LogP contribution in [-0.4, -0.2) is 27.6 Å². The largest absolute Gasteiger partial charge is 0.396 e. The van der Waals surface area contributed by atoms with Crippen molar-refractivity contribution in [3.63, 3.8) is 0 Å². The van der Waals surface area contributed by atoms with Crippen molar-refractivity contribution in [3.8, 4) is 0 Å². The molecule has 2 heterocycles. The highest BCUT2D eigenvalue weighted by Gasteiger charge is 2.41. The smallest absolute Gasteiger partial charge is 0.137 e. The van der Waals surface area contributed by atoms with E-state index in [-0.39, 0.29) is 6.61 Å². The van der Waals surface area contributed by atoms with Gasteiger partial charge in [-0.3, -0.25) is 0 Å². The van der Waals surface area contributed by atoms with Crippen LogP contribution in [0.5, 0.6) is 0 Å². The molecule has 2 N–H and O–H groups in total. The minimum atomic E-state index is 0.286. The lowest BCUT2D eigenvalue weighted by molar-refractivity contribution is 0.245. The number of aliphatic hydroxyl groups is 1. The molecule has 0 aliphatic heterocycles. The molecule has 0 saturated heterocycles. The van der Waals surface area contributed by atoms with Crippen LogP contribution in [0.4, 0.5) is 0 Å². The van der Waals surface area contributed by atoms with Crippen LogP contribution in [0.1, 0.15) is 25.0 Å². The van der Waals surface area contributed by atoms with Crippen molar-refractivity contribution in [1.82, 2.24) is 14.7 Å². The van der Waals surface area contributed by atoms with Gasteiger partial charge in [0.1, 0.15) is 5.65 Å². The summed E-state index contributed by atoms with van der Waals surface area (Å²) in [5.74, 6) is 0. The summed E-state index contributed by atoms with van der Waals surface area (Å²) in [6.45, 7) is 2.00. The van der Waals surface area contributed by atoms with Gasteiger partial charge in [-0.25, -0.2) is 4.98 Å². The molecule has 5 heteroatoms. The molecule has 0 bridgehead atoms. The predicted octanol–water partition coefficient (Wildman–Crippen LogP) is 2.24. The number of rotatable bonds is 6. The van der Waals surface area contributed by atoms with Gasteiger partial charge in [-0.15, -0.1) is 0 Å². The molecule has 19 heavy (non-hydrogen) atoms. The second-order valence-electron chi connectivity index (χ2n) is 5.42. The zero-order valence-corrected chi connectivity index (χ0v) is 11.5. The Labute approximate surface area is 117 Å². The first-order chi connectivity index (χ1) is 9.21. The van der Waals surface area contributed by atoms with E-state index in [2.05, 4.69) is 10.3 Å². The highest BCUT2D eigenvalue weighted by atomic mass is 35.5. The van der Waals surface area contributed by atoms with Crippen molar-refractivity contribution >= 4 is 17.2 Å². The van der Waals surface area contributed by atoms with E-state index in [1.165, 1.54) is 12.8 Å². The number of hydrogen-bond donors (Lipinski definition) is 2. The molecular weight excluding hydrogens is 262 g/mol. The summed E-state index contributed by atoms with van der Waals surface area (Å²) in [6, 6.07) is 3.77. The van der Waals surface area contributed by atoms with E-state index < -0.39 is 0 Å². The minimum absolute atomic E-state index is 0.286. The molecule has 2 aromatic rings. The zero-order chi connectivity index (χ0) is 13.3. The Kier molecular flexibility index (Phi) is 3.48. The second kappa shape index (κ2) is 5.12. The first kappa shape index (κ1) is 12.9. The first-order valence-electron chi connectivity index (χ1n) is 6.66. The fraction of sp³-hybridized carbons (Fsp3) is 0.500. The average Bonchev–Trinajstić information content (AvgIpc) is 3.01. The molecular formula is C14H18ClN3O. The van der Waals surface area contributed by atoms with Crippen LogP contribution in [0.2, 0.25) is 5.02 Å². The lowest BCUT2D eigenvalue weighted by Crippen LogP contribution is -2.24. The highest BCUT2D eigenvalue weighted by molar-refractivity contribution is 6.30. The molecule has 4 nitrogen and oxygen atoms in total. The van der Waals surface area contributed by atoms with Crippen LogP contribution in [-0.2, 0) is 6.54 Å². The topological polar surface area (TPSA) is 49.6 Å². The standard InChI is InChI=1S/C14H18ClN3O/c15-11-1-2-13-17-12(9-18(13)8-11)7-16-10-14(3-4-14)5-6-19/h1-2,8-9,16,19H,3-7,10H2. The van der Waals surface area contributed by atoms with Crippen molar-refractivity contribution in [2.45, 2.75) is 25.8 Å². The maximum absolute atomic E-state index is 9.02. The number of halogens is 1. The summed E-state index contributed by atoms with van der Waals surface area (Å²) in [7, 11) is 0. The van der Waals surface area contributed by atoms with E-state index in [4.69, 9.17) is 16.7 Å². The summed E-state index contributed by atoms with van der Waals surface area (Å²) in [5.41, 5.74) is 2.27. The number of aromatic nitrogens is 2. The Morgan fingerprint density at radius 1 is 1.37 bits per heavy atom. The molecule has 0 radical (unpaired) electrons. The van der Waals surface area contributed by atoms with Crippen LogP contribution >= 0.6 is 11.6 Å². The Morgan fingerprint density at radius 3 is 2.95 bits per heavy atom. The molecule has 102 valence electrons. The van der Waals surface area contributed by atoms with Gasteiger partial charge in [-0.2, -0.15) is 0 Å². The monoisotopic (exact) mass is 279 g/mol. The third kappa shape index (κ3) is 2.91. The van der Waals surface area contributed by atoms with Gasteiger partial charge < -0.3 is 14.8 Å². The van der Waals surface area contributed by atoms with E-state index in [1.807, 2.05) is 28.9 Å². The summed E-state index contributed by atoms with van der Waals surface area (Å²) in [4.78, 5) is 4.53. The molecule has 0 aromatic carbocycles. The van der Waals surface area contributed by atoms with Gasteiger partial charge >= 0.3 is 0 Å². The van der Waals surface area contributed by atoms with Gasteiger partial charge in [0.15, 0.2) is 0 Å². The third-order valence-corrected chi connectivity index (χ3v) is 4.09. The van der Waals surface area contributed by atoms with Crippen molar-refractivity contribution < 1.29 is 5.11 Å². The summed E-state index contributed by atoms with van der Waals surface area (Å²) in [5, 5.41) is 13.2. The van der Waals surface area contributed by atoms with Crippen molar-refractivity contribution in [3.05, 3.63) is 35.2 Å². The maximum atomic E-state index is 9.02. The summed E-state index contributed by atoms with van der Waals surface area (Å²) >= 11 is 5.95. The average molecular weight is 280 g/mol. The summed E-state index contributed by atoms with van der Waals surface area (Å²) < 4.78 is 1.94. The Balaban J connectivity index is 1.59. The molecule has 1 aliphatic carbocycles. The van der Waals surface area contributed by atoms with Crippen molar-refractivity contribution in [1.29, 1.82) is 0 Å². The number of hydrogen-bond acceptors (Lipinski definition) is 3. The predicted molar refractivity (Wildman–Crippen MR) is 75.3 cm³/mol. The molecule has 0 unspecified atom stereocenters. The molecule has 3 rings (SSSR count). The van der Waals surface area contributed by atoms with Crippen LogP contribution in [0.15, 0.2) is 24.5 Å². The zero-order valence-electron chi connectivity index (χ0n) is 10.8. The van der Waals surface area contributed by atoms with Gasteiger partial charge in [0, 0.05) is 32.1 Å². The lowest BCUT2D eigenvalue weighted by Gasteiger charge is -2.13. The Bertz CT molecular complexity index is 577. The molecule has 0 amide bonds. The molecule has 1 fully saturated rings. The van der Waals surface area contributed by atoms with Gasteiger partial charge in [-0.1, -0.05) is 11.6 Å². The van der Waals surface area contributed by atoms with Crippen molar-refractivity contribution in [2.24, 2.45) is 5.41 Å². The molecule has 1 saturated carbocycles. The van der Waals surface area contributed by atoms with E-state index in [0.29, 0.717) is 10.4 Å². The Hall–Kier alpha value is -1.10. The minimum Gasteiger partial charge on any atom is -0.396 e. The quantitative estimate of drug-likeness (QED) is 0.853. The lowest BCUT2D eigenvalue weighted by atomic mass is 10.0. The van der Waals surface area contributed by atoms with Crippen LogP contribution in [0.25, 0.3) is 5.65 Å². The van der Waals surface area contributed by atoms with E-state index in [1.54, 1.807) is 0 Å². The number of nitrogens with zero attached hydrogens (tertiary/aromatic N) is 2. The molecule has 1 aliphatic rings. The van der Waals surface area contributed by atoms with Crippen LogP contribution < -0.4 is 5.32 Å². The molecule has 2 aromatic heterocycles. The fourth-order valence-electron chi connectivity index (χ4n) is 2.49. The number of aliphatic hydroxyl groups excluding tert-OH is 1. The van der Waals surface area contributed by atoms with Gasteiger partial charge in [0.25, 0.3) is 0 Å². The number of fused-ring (bicyclic) bond motifs is 1. The summed E-state index contributed by atoms with van der Waals surface area (Å²) in [6.07, 6.45) is 7.21. The number of imidazole rings is 1. The SMILES string of the molecule is OCCC1(CNCc2cn3cc(Cl)ccc3n2)CC1. The van der Waals surface area contributed by atoms with Gasteiger partial charge in [0.05, 0.1) is 10.7 Å². The van der Waals surface area contributed by atoms with Crippen LogP contribution in [0.3, 0.4) is 0 Å². The second-order valence-corrected chi connectivity index (χ2v) is 5.86. The first-order valence-corrected chi connectivity index (χ1v) is 7.03. The fourth-order valence-corrected chi connectivity index (χ4v) is 2.66. The molecule has 0 atom stereocenters. The van der Waals surface area contributed by atoms with Gasteiger partial charge in [-0.05, 0) is 36.8 Å².